The van der Waals surface area contributed by atoms with Crippen molar-refractivity contribution in [1.29, 1.82) is 0 Å². The maximum absolute atomic E-state index is 8.61. The summed E-state index contributed by atoms with van der Waals surface area (Å²) in [5.41, 5.74) is 3.63. The Labute approximate surface area is 90.4 Å². The number of nitrogens with zero attached hydrogens (tertiary/aromatic N) is 1. The smallest absolute Gasteiger partial charge is 0.113 e. The molecule has 1 aliphatic carbocycles. The molecule has 1 aromatic heterocycles. The summed E-state index contributed by atoms with van der Waals surface area (Å²) in [5, 5.41) is 8.61. The van der Waals surface area contributed by atoms with Crippen LogP contribution in [0.4, 0.5) is 0 Å². The highest BCUT2D eigenvalue weighted by atomic mass is 16.2. The van der Waals surface area contributed by atoms with Crippen LogP contribution in [0.15, 0.2) is 12.3 Å². The molecule has 2 rings (SSSR count). The standard InChI is InChI=1S/C13H15NO/c15-8-4-3-7-13-9-11-5-1-2-6-12(11)10-14-13/h9-10,15H,1-2,4-6,8H2. The third-order valence-electron chi connectivity index (χ3n) is 2.68. The van der Waals surface area contributed by atoms with E-state index in [-0.39, 0.29) is 6.61 Å². The predicted molar refractivity (Wildman–Crippen MR) is 59.5 cm³/mol. The highest BCUT2D eigenvalue weighted by molar-refractivity contribution is 5.36. The maximum atomic E-state index is 8.61. The molecule has 0 bridgehead atoms. The van der Waals surface area contributed by atoms with E-state index < -0.39 is 0 Å². The first-order valence-electron chi connectivity index (χ1n) is 5.47. The van der Waals surface area contributed by atoms with Gasteiger partial charge in [-0.25, -0.2) is 4.98 Å². The lowest BCUT2D eigenvalue weighted by molar-refractivity contribution is 0.305. The first kappa shape index (κ1) is 10.2. The third-order valence-corrected chi connectivity index (χ3v) is 2.68. The SMILES string of the molecule is OCCC#Cc1cc2c(cn1)CCCC2. The number of aliphatic hydroxyl groups is 1. The number of aliphatic hydroxyl groups excluding tert-OH is 1. The van der Waals surface area contributed by atoms with Gasteiger partial charge in [0.1, 0.15) is 5.69 Å². The summed E-state index contributed by atoms with van der Waals surface area (Å²) in [6.07, 6.45) is 7.36. The summed E-state index contributed by atoms with van der Waals surface area (Å²) in [4.78, 5) is 4.31. The minimum atomic E-state index is 0.123. The molecule has 0 aromatic carbocycles. The van der Waals surface area contributed by atoms with E-state index in [1.165, 1.54) is 24.0 Å². The van der Waals surface area contributed by atoms with Crippen LogP contribution in [0.5, 0.6) is 0 Å². The molecule has 0 amide bonds. The first-order chi connectivity index (χ1) is 7.40. The summed E-state index contributed by atoms with van der Waals surface area (Å²) in [6.45, 7) is 0.123. The maximum Gasteiger partial charge on any atom is 0.113 e. The Kier molecular flexibility index (Phi) is 3.37. The van der Waals surface area contributed by atoms with Crippen LogP contribution in [-0.2, 0) is 12.8 Å². The molecule has 1 heterocycles. The molecule has 78 valence electrons. The van der Waals surface area contributed by atoms with Gasteiger partial charge in [-0.2, -0.15) is 0 Å². The second kappa shape index (κ2) is 4.95. The topological polar surface area (TPSA) is 33.1 Å². The van der Waals surface area contributed by atoms with E-state index in [2.05, 4.69) is 22.9 Å². The van der Waals surface area contributed by atoms with Crippen LogP contribution >= 0.6 is 0 Å². The summed E-state index contributed by atoms with van der Waals surface area (Å²) in [5.74, 6) is 5.87. The molecular weight excluding hydrogens is 186 g/mol. The van der Waals surface area contributed by atoms with Gasteiger partial charge in [0.25, 0.3) is 0 Å². The molecule has 0 radical (unpaired) electrons. The Morgan fingerprint density at radius 2 is 2.07 bits per heavy atom. The number of pyridine rings is 1. The van der Waals surface area contributed by atoms with Crippen molar-refractivity contribution in [2.75, 3.05) is 6.61 Å². The van der Waals surface area contributed by atoms with E-state index in [4.69, 9.17) is 5.11 Å². The van der Waals surface area contributed by atoms with Gasteiger partial charge in [0, 0.05) is 12.6 Å². The molecule has 0 spiro atoms. The highest BCUT2D eigenvalue weighted by Crippen LogP contribution is 2.20. The second-order valence-corrected chi connectivity index (χ2v) is 3.82. The lowest BCUT2D eigenvalue weighted by atomic mass is 9.93. The first-order valence-corrected chi connectivity index (χ1v) is 5.47. The van der Waals surface area contributed by atoms with E-state index in [1.807, 2.05) is 6.20 Å². The second-order valence-electron chi connectivity index (χ2n) is 3.82. The van der Waals surface area contributed by atoms with Crippen molar-refractivity contribution in [3.05, 3.63) is 29.1 Å². The van der Waals surface area contributed by atoms with Crippen molar-refractivity contribution in [2.24, 2.45) is 0 Å². The number of hydrogen-bond donors (Lipinski definition) is 1. The summed E-state index contributed by atoms with van der Waals surface area (Å²) >= 11 is 0. The quantitative estimate of drug-likeness (QED) is 0.701. The van der Waals surface area contributed by atoms with Crippen LogP contribution in [0.3, 0.4) is 0 Å². The monoisotopic (exact) mass is 201 g/mol. The minimum Gasteiger partial charge on any atom is -0.395 e. The molecule has 0 unspecified atom stereocenters. The molecule has 0 saturated heterocycles. The third kappa shape index (κ3) is 2.57. The van der Waals surface area contributed by atoms with Crippen molar-refractivity contribution >= 4 is 0 Å². The summed E-state index contributed by atoms with van der Waals surface area (Å²) in [7, 11) is 0. The molecule has 0 atom stereocenters. The molecule has 15 heavy (non-hydrogen) atoms. The zero-order valence-corrected chi connectivity index (χ0v) is 8.79. The molecular formula is C13H15NO. The molecule has 0 fully saturated rings. The van der Waals surface area contributed by atoms with E-state index >= 15 is 0 Å². The van der Waals surface area contributed by atoms with Crippen molar-refractivity contribution in [3.63, 3.8) is 0 Å². The lowest BCUT2D eigenvalue weighted by Gasteiger charge is -2.14. The van der Waals surface area contributed by atoms with Gasteiger partial charge in [0.15, 0.2) is 0 Å². The van der Waals surface area contributed by atoms with E-state index in [0.717, 1.165) is 18.5 Å². The van der Waals surface area contributed by atoms with Gasteiger partial charge in [-0.1, -0.05) is 5.92 Å². The van der Waals surface area contributed by atoms with Crippen molar-refractivity contribution in [1.82, 2.24) is 4.98 Å². The Balaban J connectivity index is 2.18. The number of fused-ring (bicyclic) bond motifs is 1. The molecule has 2 nitrogen and oxygen atoms in total. The van der Waals surface area contributed by atoms with Crippen molar-refractivity contribution < 1.29 is 5.11 Å². The Hall–Kier alpha value is -1.33. The fraction of sp³-hybridized carbons (Fsp3) is 0.462. The van der Waals surface area contributed by atoms with Gasteiger partial charge in [-0.3, -0.25) is 0 Å². The van der Waals surface area contributed by atoms with Crippen LogP contribution < -0.4 is 0 Å². The average Bonchev–Trinajstić information content (AvgIpc) is 2.29. The molecule has 1 aromatic rings. The molecule has 0 aliphatic heterocycles. The Bertz CT molecular complexity index is 401. The summed E-state index contributed by atoms with van der Waals surface area (Å²) in [6, 6.07) is 2.10. The fourth-order valence-electron chi connectivity index (χ4n) is 1.89. The molecule has 1 aliphatic rings. The van der Waals surface area contributed by atoms with E-state index in [0.29, 0.717) is 6.42 Å². The van der Waals surface area contributed by atoms with Gasteiger partial charge in [0.2, 0.25) is 0 Å². The predicted octanol–water partition coefficient (Wildman–Crippen LogP) is 1.69. The van der Waals surface area contributed by atoms with Gasteiger partial charge >= 0.3 is 0 Å². The summed E-state index contributed by atoms with van der Waals surface area (Å²) < 4.78 is 0. The van der Waals surface area contributed by atoms with Crippen LogP contribution in [0.2, 0.25) is 0 Å². The largest absolute Gasteiger partial charge is 0.395 e. The van der Waals surface area contributed by atoms with Crippen LogP contribution in [0, 0.1) is 11.8 Å². The van der Waals surface area contributed by atoms with Crippen molar-refractivity contribution in [3.8, 4) is 11.8 Å². The van der Waals surface area contributed by atoms with E-state index in [1.54, 1.807) is 0 Å². The van der Waals surface area contributed by atoms with Gasteiger partial charge in [0.05, 0.1) is 6.61 Å². The number of hydrogen-bond acceptors (Lipinski definition) is 2. The van der Waals surface area contributed by atoms with Gasteiger partial charge in [-0.15, -0.1) is 0 Å². The van der Waals surface area contributed by atoms with Gasteiger partial charge < -0.3 is 5.11 Å². The van der Waals surface area contributed by atoms with Crippen LogP contribution in [0.25, 0.3) is 0 Å². The Morgan fingerprint density at radius 3 is 2.87 bits per heavy atom. The number of aromatic nitrogens is 1. The van der Waals surface area contributed by atoms with Crippen LogP contribution in [0.1, 0.15) is 36.1 Å². The van der Waals surface area contributed by atoms with Crippen LogP contribution in [-0.4, -0.2) is 16.7 Å². The highest BCUT2D eigenvalue weighted by Gasteiger charge is 2.09. The zero-order valence-electron chi connectivity index (χ0n) is 8.79. The number of rotatable bonds is 1. The van der Waals surface area contributed by atoms with E-state index in [9.17, 15) is 0 Å². The molecule has 2 heteroatoms. The normalized spacial score (nSPS) is 13.9. The van der Waals surface area contributed by atoms with Crippen molar-refractivity contribution in [2.45, 2.75) is 32.1 Å². The Morgan fingerprint density at radius 1 is 1.27 bits per heavy atom. The fourth-order valence-corrected chi connectivity index (χ4v) is 1.89. The minimum absolute atomic E-state index is 0.123. The molecule has 0 saturated carbocycles. The lowest BCUT2D eigenvalue weighted by Crippen LogP contribution is -2.03. The molecule has 1 N–H and O–H groups in total. The average molecular weight is 201 g/mol. The zero-order chi connectivity index (χ0) is 10.5. The van der Waals surface area contributed by atoms with Gasteiger partial charge in [-0.05, 0) is 48.8 Å². The number of aryl methyl sites for hydroxylation is 2.